The topological polar surface area (TPSA) is 58.6 Å². The lowest BCUT2D eigenvalue weighted by atomic mass is 9.88. The Bertz CT molecular complexity index is 649. The third kappa shape index (κ3) is 3.36. The van der Waals surface area contributed by atoms with E-state index in [0.29, 0.717) is 11.3 Å². The fourth-order valence-electron chi connectivity index (χ4n) is 3.27. The van der Waals surface area contributed by atoms with Gasteiger partial charge in [-0.25, -0.2) is 4.39 Å². The van der Waals surface area contributed by atoms with Crippen molar-refractivity contribution in [3.05, 3.63) is 29.6 Å². The van der Waals surface area contributed by atoms with Gasteiger partial charge >= 0.3 is 5.97 Å². The predicted molar refractivity (Wildman–Crippen MR) is 91.5 cm³/mol. The molecule has 2 saturated heterocycles. The van der Waals surface area contributed by atoms with Crippen LogP contribution >= 0.6 is 11.8 Å². The summed E-state index contributed by atoms with van der Waals surface area (Å²) < 4.78 is 19.8. The minimum Gasteiger partial charge on any atom is -0.441 e. The maximum absolute atomic E-state index is 14.6. The van der Waals surface area contributed by atoms with Gasteiger partial charge in [0.05, 0.1) is 11.6 Å². The summed E-state index contributed by atoms with van der Waals surface area (Å²) in [6, 6.07) is 4.96. The van der Waals surface area contributed by atoms with Crippen LogP contribution in [0, 0.1) is 11.7 Å². The van der Waals surface area contributed by atoms with E-state index in [1.54, 1.807) is 12.1 Å². The molecule has 0 spiro atoms. The summed E-state index contributed by atoms with van der Waals surface area (Å²) in [4.78, 5) is 25.4. The first-order valence-electron chi connectivity index (χ1n) is 8.07. The number of thioether (sulfide) groups is 1. The van der Waals surface area contributed by atoms with E-state index in [1.165, 1.54) is 13.0 Å². The number of carbonyl (C=O) groups excluding carboxylic acids is 2. The number of halogens is 1. The van der Waals surface area contributed by atoms with Gasteiger partial charge in [-0.3, -0.25) is 9.59 Å². The fourth-order valence-corrected chi connectivity index (χ4v) is 4.18. The number of carbonyl (C=O) groups is 2. The zero-order valence-electron chi connectivity index (χ0n) is 13.8. The summed E-state index contributed by atoms with van der Waals surface area (Å²) in [5.74, 6) is 0.159. The minimum absolute atomic E-state index is 0.252. The van der Waals surface area contributed by atoms with Crippen molar-refractivity contribution in [2.45, 2.75) is 26.0 Å². The summed E-state index contributed by atoms with van der Waals surface area (Å²) in [6.07, 6.45) is -0.665. The number of anilines is 1. The average Bonchev–Trinajstić information content (AvgIpc) is 2.81. The highest BCUT2D eigenvalue weighted by Crippen LogP contribution is 2.37. The average molecular weight is 352 g/mol. The molecule has 0 bridgehead atoms. The van der Waals surface area contributed by atoms with E-state index in [4.69, 9.17) is 4.74 Å². The maximum atomic E-state index is 14.6. The highest BCUT2D eigenvalue weighted by Gasteiger charge is 2.43. The number of amides is 1. The number of rotatable bonds is 3. The summed E-state index contributed by atoms with van der Waals surface area (Å²) in [6.45, 7) is 4.85. The molecule has 2 unspecified atom stereocenters. The molecule has 3 atom stereocenters. The second-order valence-electron chi connectivity index (χ2n) is 6.21. The van der Waals surface area contributed by atoms with Crippen molar-refractivity contribution in [1.82, 2.24) is 5.32 Å². The Morgan fingerprint density at radius 2 is 2.08 bits per heavy atom. The van der Waals surface area contributed by atoms with Crippen molar-refractivity contribution in [3.63, 3.8) is 0 Å². The van der Waals surface area contributed by atoms with Gasteiger partial charge in [0.25, 0.3) is 0 Å². The van der Waals surface area contributed by atoms with Crippen LogP contribution in [-0.4, -0.2) is 42.7 Å². The quantitative estimate of drug-likeness (QED) is 0.845. The van der Waals surface area contributed by atoms with Gasteiger partial charge in [-0.05, 0) is 17.7 Å². The molecule has 130 valence electrons. The van der Waals surface area contributed by atoms with E-state index >= 15 is 0 Å². The van der Waals surface area contributed by atoms with Crippen LogP contribution in [0.1, 0.15) is 25.3 Å². The largest absolute Gasteiger partial charge is 0.441 e. The second-order valence-corrected chi connectivity index (χ2v) is 7.43. The molecule has 0 saturated carbocycles. The third-order valence-corrected chi connectivity index (χ3v) is 5.47. The normalized spacial score (nSPS) is 27.0. The van der Waals surface area contributed by atoms with Crippen molar-refractivity contribution in [3.8, 4) is 0 Å². The summed E-state index contributed by atoms with van der Waals surface area (Å²) in [5, 5.41) is 2.61. The van der Waals surface area contributed by atoms with Crippen LogP contribution in [0.25, 0.3) is 0 Å². The van der Waals surface area contributed by atoms with Crippen molar-refractivity contribution < 1.29 is 18.7 Å². The predicted octanol–water partition coefficient (Wildman–Crippen LogP) is 2.12. The monoisotopic (exact) mass is 352 g/mol. The first-order chi connectivity index (χ1) is 11.5. The lowest BCUT2D eigenvalue weighted by Gasteiger charge is -2.29. The molecular weight excluding hydrogens is 331 g/mol. The van der Waals surface area contributed by atoms with Gasteiger partial charge in [0.15, 0.2) is 6.23 Å². The molecule has 1 amide bonds. The smallest absolute Gasteiger partial charge is 0.315 e. The maximum Gasteiger partial charge on any atom is 0.315 e. The van der Waals surface area contributed by atoms with Crippen LogP contribution in [0.5, 0.6) is 0 Å². The summed E-state index contributed by atoms with van der Waals surface area (Å²) in [5.41, 5.74) is 1.17. The second kappa shape index (κ2) is 7.01. The van der Waals surface area contributed by atoms with Crippen molar-refractivity contribution >= 4 is 29.3 Å². The Labute approximate surface area is 144 Å². The molecule has 0 aliphatic carbocycles. The molecule has 2 aliphatic rings. The fraction of sp³-hybridized carbons (Fsp3) is 0.529. The van der Waals surface area contributed by atoms with Gasteiger partial charge in [-0.2, -0.15) is 11.8 Å². The summed E-state index contributed by atoms with van der Waals surface area (Å²) in [7, 11) is 0. The molecule has 7 heteroatoms. The molecule has 0 radical (unpaired) electrons. The van der Waals surface area contributed by atoms with Crippen molar-refractivity contribution in [2.24, 2.45) is 5.92 Å². The Morgan fingerprint density at radius 1 is 1.38 bits per heavy atom. The van der Waals surface area contributed by atoms with Crippen molar-refractivity contribution in [2.75, 3.05) is 29.5 Å². The Balaban J connectivity index is 1.80. The number of hydrogen-bond acceptors (Lipinski definition) is 5. The Hall–Kier alpha value is -1.76. The molecule has 5 nitrogen and oxygen atoms in total. The van der Waals surface area contributed by atoms with Crippen LogP contribution in [0.4, 0.5) is 10.1 Å². The van der Waals surface area contributed by atoms with E-state index in [2.05, 4.69) is 5.32 Å². The van der Waals surface area contributed by atoms with E-state index in [0.717, 1.165) is 24.6 Å². The zero-order chi connectivity index (χ0) is 17.3. The lowest BCUT2D eigenvalue weighted by Crippen LogP contribution is -2.36. The minimum atomic E-state index is -0.665. The zero-order valence-corrected chi connectivity index (χ0v) is 14.6. The molecule has 1 aromatic carbocycles. The van der Waals surface area contributed by atoms with E-state index in [9.17, 15) is 14.0 Å². The molecule has 1 N–H and O–H groups in total. The molecular formula is C17H21FN2O3S. The standard InChI is InChI=1S/C17H21FN2O3S/c1-10-15(17(22)23-16(10)19-11(2)21)12-3-4-14(13(18)9-12)20-5-7-24-8-6-20/h3-4,9-10,15-16H,5-8H2,1-2H3,(H,19,21)/t10?,15?,16-/m1/s1. The van der Waals surface area contributed by atoms with Crippen LogP contribution in [0.15, 0.2) is 18.2 Å². The first-order valence-corrected chi connectivity index (χ1v) is 9.22. The van der Waals surface area contributed by atoms with E-state index in [1.807, 2.05) is 23.6 Å². The van der Waals surface area contributed by atoms with Gasteiger partial charge < -0.3 is 15.0 Å². The van der Waals surface area contributed by atoms with Crippen LogP contribution in [0.3, 0.4) is 0 Å². The molecule has 2 aliphatic heterocycles. The third-order valence-electron chi connectivity index (χ3n) is 4.53. The van der Waals surface area contributed by atoms with Crippen LogP contribution in [0.2, 0.25) is 0 Å². The number of nitrogens with one attached hydrogen (secondary N) is 1. The van der Waals surface area contributed by atoms with Gasteiger partial charge in [-0.15, -0.1) is 0 Å². The molecule has 24 heavy (non-hydrogen) atoms. The number of benzene rings is 1. The van der Waals surface area contributed by atoms with Crippen molar-refractivity contribution in [1.29, 1.82) is 0 Å². The number of hydrogen-bond donors (Lipinski definition) is 1. The van der Waals surface area contributed by atoms with Gasteiger partial charge in [0, 0.05) is 37.4 Å². The van der Waals surface area contributed by atoms with E-state index < -0.39 is 18.1 Å². The SMILES string of the molecule is CC(=O)N[C@@H]1OC(=O)C(c2ccc(N3CCSCC3)c(F)c2)C1C. The molecule has 0 aromatic heterocycles. The number of ether oxygens (including phenoxy) is 1. The molecule has 1 aromatic rings. The highest BCUT2D eigenvalue weighted by atomic mass is 32.2. The first kappa shape index (κ1) is 17.1. The van der Waals surface area contributed by atoms with Crippen LogP contribution < -0.4 is 10.2 Å². The van der Waals surface area contributed by atoms with Gasteiger partial charge in [0.2, 0.25) is 5.91 Å². The molecule has 2 fully saturated rings. The Kier molecular flexibility index (Phi) is 4.99. The number of cyclic esters (lactones) is 1. The summed E-state index contributed by atoms with van der Waals surface area (Å²) >= 11 is 1.87. The van der Waals surface area contributed by atoms with E-state index in [-0.39, 0.29) is 17.6 Å². The number of esters is 1. The lowest BCUT2D eigenvalue weighted by molar-refractivity contribution is -0.144. The van der Waals surface area contributed by atoms with Crippen LogP contribution in [-0.2, 0) is 14.3 Å². The van der Waals surface area contributed by atoms with Gasteiger partial charge in [0.1, 0.15) is 5.82 Å². The molecule has 3 rings (SSSR count). The number of nitrogens with zero attached hydrogens (tertiary/aromatic N) is 1. The highest BCUT2D eigenvalue weighted by molar-refractivity contribution is 7.99. The van der Waals surface area contributed by atoms with Gasteiger partial charge in [-0.1, -0.05) is 13.0 Å². The Morgan fingerprint density at radius 3 is 2.71 bits per heavy atom. The molecule has 2 heterocycles.